The smallest absolute Gasteiger partial charge is 0.274 e. The van der Waals surface area contributed by atoms with Crippen LogP contribution < -0.4 is 4.74 Å². The molecule has 0 spiro atoms. The van der Waals surface area contributed by atoms with E-state index in [-0.39, 0.29) is 17.5 Å². The molecule has 0 radical (unpaired) electrons. The fraction of sp³-hybridized carbons (Fsp3) is 0.278. The topological polar surface area (TPSA) is 59.5 Å². The van der Waals surface area contributed by atoms with Crippen molar-refractivity contribution in [3.05, 3.63) is 58.4 Å². The molecular formula is C18H17ClN2O3. The molecule has 3 rings (SSSR count). The molecule has 0 N–H and O–H groups in total. The molecule has 1 aliphatic rings. The van der Waals surface area contributed by atoms with Gasteiger partial charge in [0.05, 0.1) is 12.1 Å². The van der Waals surface area contributed by atoms with Crippen molar-refractivity contribution >= 4 is 23.8 Å². The SMILES string of the molecule is COc1ccc(C2CCN(C(=O)c3ncccc3Cl)C2)c(C=O)c1. The molecule has 1 saturated heterocycles. The van der Waals surface area contributed by atoms with Crippen molar-refractivity contribution in [3.8, 4) is 5.75 Å². The van der Waals surface area contributed by atoms with Crippen LogP contribution in [-0.4, -0.2) is 42.3 Å². The van der Waals surface area contributed by atoms with Gasteiger partial charge >= 0.3 is 0 Å². The number of hydrogen-bond donors (Lipinski definition) is 0. The summed E-state index contributed by atoms with van der Waals surface area (Å²) in [6, 6.07) is 8.81. The minimum Gasteiger partial charge on any atom is -0.497 e. The second kappa shape index (κ2) is 7.01. The molecular weight excluding hydrogens is 328 g/mol. The van der Waals surface area contributed by atoms with Gasteiger partial charge in [-0.05, 0) is 36.2 Å². The number of aldehydes is 1. The van der Waals surface area contributed by atoms with Crippen LogP contribution in [0.4, 0.5) is 0 Å². The first-order chi connectivity index (χ1) is 11.6. The van der Waals surface area contributed by atoms with E-state index in [4.69, 9.17) is 16.3 Å². The van der Waals surface area contributed by atoms with Crippen LogP contribution >= 0.6 is 11.6 Å². The third kappa shape index (κ3) is 3.12. The number of ether oxygens (including phenoxy) is 1. The zero-order valence-corrected chi connectivity index (χ0v) is 14.0. The Morgan fingerprint density at radius 1 is 1.42 bits per heavy atom. The number of methoxy groups -OCH3 is 1. The molecule has 1 amide bonds. The Labute approximate surface area is 145 Å². The molecule has 24 heavy (non-hydrogen) atoms. The first-order valence-electron chi connectivity index (χ1n) is 7.67. The fourth-order valence-electron chi connectivity index (χ4n) is 3.05. The standard InChI is InChI=1S/C18H17ClN2O3/c1-24-14-4-5-15(13(9-14)11-22)12-6-8-21(10-12)18(23)17-16(19)3-2-7-20-17/h2-5,7,9,11-12H,6,8,10H2,1H3. The quantitative estimate of drug-likeness (QED) is 0.799. The van der Waals surface area contributed by atoms with Gasteiger partial charge in [-0.2, -0.15) is 0 Å². The Morgan fingerprint density at radius 3 is 2.96 bits per heavy atom. The molecule has 2 heterocycles. The molecule has 1 aromatic carbocycles. The highest BCUT2D eigenvalue weighted by Gasteiger charge is 2.30. The lowest BCUT2D eigenvalue weighted by atomic mass is 9.94. The molecule has 6 heteroatoms. The van der Waals surface area contributed by atoms with Gasteiger partial charge in [-0.25, -0.2) is 4.98 Å². The highest BCUT2D eigenvalue weighted by Crippen LogP contribution is 2.32. The van der Waals surface area contributed by atoms with Crippen molar-refractivity contribution in [1.82, 2.24) is 9.88 Å². The van der Waals surface area contributed by atoms with Crippen LogP contribution in [0, 0.1) is 0 Å². The predicted octanol–water partition coefficient (Wildman–Crippen LogP) is 3.19. The van der Waals surface area contributed by atoms with E-state index in [1.165, 1.54) is 0 Å². The maximum Gasteiger partial charge on any atom is 0.274 e. The number of rotatable bonds is 4. The maximum atomic E-state index is 12.6. The Balaban J connectivity index is 1.80. The number of pyridine rings is 1. The first-order valence-corrected chi connectivity index (χ1v) is 8.04. The minimum atomic E-state index is -0.177. The monoisotopic (exact) mass is 344 g/mol. The second-order valence-corrected chi connectivity index (χ2v) is 6.09. The summed E-state index contributed by atoms with van der Waals surface area (Å²) in [5, 5.41) is 0.351. The van der Waals surface area contributed by atoms with Crippen LogP contribution in [-0.2, 0) is 0 Å². The number of carbonyl (C=O) groups is 2. The van der Waals surface area contributed by atoms with Crippen molar-refractivity contribution in [1.29, 1.82) is 0 Å². The largest absolute Gasteiger partial charge is 0.497 e. The Morgan fingerprint density at radius 2 is 2.25 bits per heavy atom. The number of halogens is 1. The molecule has 0 aliphatic carbocycles. The van der Waals surface area contributed by atoms with Crippen molar-refractivity contribution in [2.45, 2.75) is 12.3 Å². The number of likely N-dealkylation sites (tertiary alicyclic amines) is 1. The predicted molar refractivity (Wildman–Crippen MR) is 90.9 cm³/mol. The average molecular weight is 345 g/mol. The first kappa shape index (κ1) is 16.5. The van der Waals surface area contributed by atoms with Gasteiger partial charge in [-0.1, -0.05) is 17.7 Å². The van der Waals surface area contributed by atoms with Crippen LogP contribution in [0.25, 0.3) is 0 Å². The Hall–Kier alpha value is -2.40. The van der Waals surface area contributed by atoms with Gasteiger partial charge < -0.3 is 9.64 Å². The van der Waals surface area contributed by atoms with Gasteiger partial charge in [0.15, 0.2) is 0 Å². The van der Waals surface area contributed by atoms with E-state index in [0.29, 0.717) is 29.4 Å². The number of amides is 1. The zero-order valence-electron chi connectivity index (χ0n) is 13.2. The van der Waals surface area contributed by atoms with Crippen LogP contribution in [0.5, 0.6) is 5.75 Å². The van der Waals surface area contributed by atoms with Crippen LogP contribution in [0.15, 0.2) is 36.5 Å². The van der Waals surface area contributed by atoms with E-state index in [0.717, 1.165) is 18.3 Å². The van der Waals surface area contributed by atoms with Gasteiger partial charge in [0, 0.05) is 30.8 Å². The lowest BCUT2D eigenvalue weighted by Gasteiger charge is -2.17. The number of hydrogen-bond acceptors (Lipinski definition) is 4. The fourth-order valence-corrected chi connectivity index (χ4v) is 3.25. The number of nitrogens with zero attached hydrogens (tertiary/aromatic N) is 2. The summed E-state index contributed by atoms with van der Waals surface area (Å²) in [6.45, 7) is 1.15. The number of carbonyl (C=O) groups excluding carboxylic acids is 2. The lowest BCUT2D eigenvalue weighted by molar-refractivity contribution is 0.0785. The summed E-state index contributed by atoms with van der Waals surface area (Å²) in [5.74, 6) is 0.582. The van der Waals surface area contributed by atoms with E-state index < -0.39 is 0 Å². The third-order valence-electron chi connectivity index (χ3n) is 4.30. The number of aromatic nitrogens is 1. The molecule has 0 saturated carbocycles. The van der Waals surface area contributed by atoms with Crippen molar-refractivity contribution in [2.24, 2.45) is 0 Å². The van der Waals surface area contributed by atoms with E-state index >= 15 is 0 Å². The van der Waals surface area contributed by atoms with Crippen LogP contribution in [0.2, 0.25) is 5.02 Å². The summed E-state index contributed by atoms with van der Waals surface area (Å²) >= 11 is 6.06. The Bertz CT molecular complexity index is 779. The summed E-state index contributed by atoms with van der Waals surface area (Å²) in [6.07, 6.45) is 3.18. The van der Waals surface area contributed by atoms with Crippen LogP contribution in [0.3, 0.4) is 0 Å². The highest BCUT2D eigenvalue weighted by molar-refractivity contribution is 6.33. The second-order valence-electron chi connectivity index (χ2n) is 5.68. The van der Waals surface area contributed by atoms with Gasteiger partial charge in [0.2, 0.25) is 0 Å². The molecule has 124 valence electrons. The summed E-state index contributed by atoms with van der Waals surface area (Å²) in [7, 11) is 1.57. The van der Waals surface area contributed by atoms with Gasteiger partial charge in [0.25, 0.3) is 5.91 Å². The average Bonchev–Trinajstić information content (AvgIpc) is 3.10. The molecule has 1 unspecified atom stereocenters. The molecule has 5 nitrogen and oxygen atoms in total. The lowest BCUT2D eigenvalue weighted by Crippen LogP contribution is -2.29. The molecule has 1 fully saturated rings. The van der Waals surface area contributed by atoms with E-state index in [2.05, 4.69) is 4.98 Å². The summed E-state index contributed by atoms with van der Waals surface area (Å²) in [5.41, 5.74) is 1.81. The summed E-state index contributed by atoms with van der Waals surface area (Å²) in [4.78, 5) is 29.8. The minimum absolute atomic E-state index is 0.113. The molecule has 1 aromatic heterocycles. The molecule has 1 atom stereocenters. The summed E-state index contributed by atoms with van der Waals surface area (Å²) < 4.78 is 5.16. The molecule has 2 aromatic rings. The van der Waals surface area contributed by atoms with E-state index in [1.807, 2.05) is 12.1 Å². The Kier molecular flexibility index (Phi) is 4.81. The van der Waals surface area contributed by atoms with Gasteiger partial charge in [-0.15, -0.1) is 0 Å². The zero-order chi connectivity index (χ0) is 17.1. The van der Waals surface area contributed by atoms with Crippen molar-refractivity contribution in [3.63, 3.8) is 0 Å². The highest BCUT2D eigenvalue weighted by atomic mass is 35.5. The van der Waals surface area contributed by atoms with E-state index in [9.17, 15) is 9.59 Å². The van der Waals surface area contributed by atoms with Crippen LogP contribution in [0.1, 0.15) is 38.7 Å². The van der Waals surface area contributed by atoms with Crippen molar-refractivity contribution < 1.29 is 14.3 Å². The molecule has 0 bridgehead atoms. The van der Waals surface area contributed by atoms with Crippen molar-refractivity contribution in [2.75, 3.05) is 20.2 Å². The third-order valence-corrected chi connectivity index (χ3v) is 4.60. The maximum absolute atomic E-state index is 12.6. The molecule has 1 aliphatic heterocycles. The van der Waals surface area contributed by atoms with Gasteiger partial charge in [0.1, 0.15) is 17.7 Å². The normalized spacial score (nSPS) is 16.9. The van der Waals surface area contributed by atoms with Gasteiger partial charge in [-0.3, -0.25) is 9.59 Å². The van der Waals surface area contributed by atoms with E-state index in [1.54, 1.807) is 36.4 Å². The number of benzene rings is 1.